The molecule has 11 aromatic rings. The number of nitrogens with zero attached hydrogens (tertiary/aromatic N) is 3. The van der Waals surface area contributed by atoms with Gasteiger partial charge in [-0.05, 0) is 115 Å². The van der Waals surface area contributed by atoms with Crippen molar-refractivity contribution >= 4 is 83.8 Å². The summed E-state index contributed by atoms with van der Waals surface area (Å²) >= 11 is 0. The minimum atomic E-state index is -0.0462. The Morgan fingerprint density at radius 1 is 0.348 bits per heavy atom. The highest BCUT2D eigenvalue weighted by molar-refractivity contribution is 7.00. The van der Waals surface area contributed by atoms with E-state index in [4.69, 9.17) is 0 Å². The van der Waals surface area contributed by atoms with Crippen LogP contribution in [0.3, 0.4) is 0 Å². The van der Waals surface area contributed by atoms with Crippen LogP contribution in [-0.4, -0.2) is 15.8 Å². The van der Waals surface area contributed by atoms with Crippen LogP contribution < -0.4 is 21.3 Å². The number of benzene rings is 9. The van der Waals surface area contributed by atoms with Gasteiger partial charge in [-0.2, -0.15) is 0 Å². The summed E-state index contributed by atoms with van der Waals surface area (Å²) in [6.45, 7) is 14.1. The van der Waals surface area contributed by atoms with E-state index in [0.29, 0.717) is 0 Å². The number of aromatic nitrogens is 2. The third-order valence-electron chi connectivity index (χ3n) is 14.6. The van der Waals surface area contributed by atoms with Crippen LogP contribution in [0.5, 0.6) is 0 Å². The Bertz CT molecular complexity index is 3670. The zero-order valence-corrected chi connectivity index (χ0v) is 38.4. The highest BCUT2D eigenvalue weighted by Gasteiger charge is 2.43. The zero-order valence-electron chi connectivity index (χ0n) is 38.4. The van der Waals surface area contributed by atoms with Crippen LogP contribution in [0.25, 0.3) is 77.2 Å². The van der Waals surface area contributed by atoms with Crippen LogP contribution in [0.2, 0.25) is 0 Å². The Labute approximate surface area is 387 Å². The molecule has 0 fully saturated rings. The molecule has 0 saturated carbocycles. The predicted octanol–water partition coefficient (Wildman–Crippen LogP) is 14.4. The van der Waals surface area contributed by atoms with E-state index in [2.05, 4.69) is 250 Å². The number of anilines is 3. The maximum absolute atomic E-state index is 2.62. The molecule has 9 aromatic carbocycles. The lowest BCUT2D eigenvalue weighted by Crippen LogP contribution is -2.60. The number of fused-ring (bicyclic) bond motifs is 10. The van der Waals surface area contributed by atoms with Crippen molar-refractivity contribution in [3.8, 4) is 33.6 Å². The molecule has 2 aromatic heterocycles. The summed E-state index contributed by atoms with van der Waals surface area (Å²) in [5, 5.41) is 5.09. The first kappa shape index (κ1) is 38.9. The summed E-state index contributed by atoms with van der Waals surface area (Å²) in [6.07, 6.45) is 0. The maximum Gasteiger partial charge on any atom is 0.252 e. The second kappa shape index (κ2) is 14.0. The molecule has 0 spiro atoms. The van der Waals surface area contributed by atoms with Crippen LogP contribution in [0.1, 0.15) is 52.7 Å². The quantitative estimate of drug-likeness (QED) is 0.161. The van der Waals surface area contributed by atoms with Crippen LogP contribution in [0.15, 0.2) is 194 Å². The summed E-state index contributed by atoms with van der Waals surface area (Å²) in [7, 11) is 0. The largest absolute Gasteiger partial charge is 0.311 e. The van der Waals surface area contributed by atoms with Crippen molar-refractivity contribution in [1.82, 2.24) is 9.13 Å². The smallest absolute Gasteiger partial charge is 0.252 e. The van der Waals surface area contributed by atoms with Gasteiger partial charge < -0.3 is 14.0 Å². The maximum atomic E-state index is 2.62. The van der Waals surface area contributed by atoms with E-state index in [1.54, 1.807) is 0 Å². The van der Waals surface area contributed by atoms with Crippen molar-refractivity contribution < 1.29 is 0 Å². The predicted molar refractivity (Wildman–Crippen MR) is 283 cm³/mol. The number of hydrogen-bond acceptors (Lipinski definition) is 1. The second-order valence-corrected chi connectivity index (χ2v) is 20.6. The molecule has 4 heteroatoms. The van der Waals surface area contributed by atoms with Crippen molar-refractivity contribution in [2.24, 2.45) is 0 Å². The molecule has 0 bridgehead atoms. The topological polar surface area (TPSA) is 13.1 Å². The first-order valence-corrected chi connectivity index (χ1v) is 23.5. The first-order chi connectivity index (χ1) is 32.0. The molecule has 0 N–H and O–H groups in total. The van der Waals surface area contributed by atoms with Gasteiger partial charge in [0, 0.05) is 49.8 Å². The Morgan fingerprint density at radius 3 is 1.52 bits per heavy atom. The van der Waals surface area contributed by atoms with E-state index in [0.717, 1.165) is 11.4 Å². The molecule has 0 unspecified atom stereocenters. The van der Waals surface area contributed by atoms with Gasteiger partial charge in [-0.1, -0.05) is 181 Å². The van der Waals surface area contributed by atoms with Crippen molar-refractivity contribution in [1.29, 1.82) is 0 Å². The van der Waals surface area contributed by atoms with Gasteiger partial charge in [0.1, 0.15) is 0 Å². The Hall–Kier alpha value is -7.56. The number of hydrogen-bond donors (Lipinski definition) is 0. The van der Waals surface area contributed by atoms with Gasteiger partial charge >= 0.3 is 0 Å². The normalized spacial score (nSPS) is 13.2. The monoisotopic (exact) mass is 847 g/mol. The summed E-state index contributed by atoms with van der Waals surface area (Å²) in [5.41, 5.74) is 22.4. The van der Waals surface area contributed by atoms with Gasteiger partial charge in [0.25, 0.3) is 6.71 Å². The average Bonchev–Trinajstić information content (AvgIpc) is 3.85. The van der Waals surface area contributed by atoms with Gasteiger partial charge in [0.05, 0.1) is 22.2 Å². The van der Waals surface area contributed by atoms with Crippen LogP contribution >= 0.6 is 0 Å². The summed E-state index contributed by atoms with van der Waals surface area (Å²) in [5.74, 6) is 0. The third kappa shape index (κ3) is 5.70. The molecule has 2 aliphatic rings. The van der Waals surface area contributed by atoms with E-state index < -0.39 is 0 Å². The number of para-hydroxylation sites is 2. The van der Waals surface area contributed by atoms with E-state index in [1.807, 2.05) is 0 Å². The van der Waals surface area contributed by atoms with Crippen molar-refractivity contribution in [3.05, 3.63) is 205 Å². The van der Waals surface area contributed by atoms with Crippen molar-refractivity contribution in [3.63, 3.8) is 0 Å². The Morgan fingerprint density at radius 2 is 0.894 bits per heavy atom. The molecule has 66 heavy (non-hydrogen) atoms. The van der Waals surface area contributed by atoms with E-state index in [1.165, 1.54) is 110 Å². The van der Waals surface area contributed by atoms with Crippen molar-refractivity contribution in [2.75, 3.05) is 4.90 Å². The minimum Gasteiger partial charge on any atom is -0.311 e. The van der Waals surface area contributed by atoms with Crippen LogP contribution in [0, 0.1) is 0 Å². The molecule has 2 aliphatic heterocycles. The Balaban J connectivity index is 1.21. The molecule has 0 saturated heterocycles. The first-order valence-electron chi connectivity index (χ1n) is 23.5. The molecule has 0 amide bonds. The fourth-order valence-corrected chi connectivity index (χ4v) is 11.3. The Kier molecular flexibility index (Phi) is 8.23. The molecule has 316 valence electrons. The van der Waals surface area contributed by atoms with Crippen LogP contribution in [0.4, 0.5) is 17.1 Å². The van der Waals surface area contributed by atoms with Crippen LogP contribution in [-0.2, 0) is 10.8 Å². The van der Waals surface area contributed by atoms with Gasteiger partial charge in [0.15, 0.2) is 0 Å². The highest BCUT2D eigenvalue weighted by Crippen LogP contribution is 2.46. The highest BCUT2D eigenvalue weighted by atomic mass is 15.2. The molecule has 4 heterocycles. The lowest BCUT2D eigenvalue weighted by Gasteiger charge is -2.41. The van der Waals surface area contributed by atoms with Gasteiger partial charge in [-0.3, -0.25) is 0 Å². The zero-order chi connectivity index (χ0) is 44.6. The molecular weight excluding hydrogens is 798 g/mol. The summed E-state index contributed by atoms with van der Waals surface area (Å²) < 4.78 is 5.17. The number of rotatable bonds is 4. The molecule has 0 radical (unpaired) electrons. The molecule has 13 rings (SSSR count). The third-order valence-corrected chi connectivity index (χ3v) is 14.6. The SMILES string of the molecule is CC(C)(C)c1ccc2c(c1)B1c3c(cc(-n4c5cc(-c6ccccc6)ccc5c5ccc(-c6ccccc6)cc54)cc3-n3c4ccccc4c4cc(C(C)(C)C)cc1c43)N2c1ccccc1. The van der Waals surface area contributed by atoms with E-state index in [-0.39, 0.29) is 17.5 Å². The van der Waals surface area contributed by atoms with E-state index >= 15 is 0 Å². The van der Waals surface area contributed by atoms with Gasteiger partial charge in [-0.15, -0.1) is 0 Å². The summed E-state index contributed by atoms with van der Waals surface area (Å²) in [6, 6.07) is 73.2. The molecular formula is C62H50BN3. The van der Waals surface area contributed by atoms with Gasteiger partial charge in [-0.25, -0.2) is 0 Å². The van der Waals surface area contributed by atoms with E-state index in [9.17, 15) is 0 Å². The minimum absolute atomic E-state index is 0.00967. The lowest BCUT2D eigenvalue weighted by molar-refractivity contribution is 0.591. The summed E-state index contributed by atoms with van der Waals surface area (Å²) in [4.78, 5) is 2.56. The van der Waals surface area contributed by atoms with Crippen molar-refractivity contribution in [2.45, 2.75) is 52.4 Å². The standard InChI is InChI=1S/C62H50BN3/c1-61(2,3)43-28-31-54-51(35-43)63-52-36-44(62(4,5)6)34-50-47-24-16-17-25-53(47)66(60(50)52)58-38-46(37-57(59(58)63)64(54)45-22-14-9-15-23-45)65-55-32-41(39-18-10-7-11-19-39)26-29-48(55)49-30-27-42(33-56(49)65)40-20-12-8-13-21-40/h7-38H,1-6H3. The molecule has 0 atom stereocenters. The fourth-order valence-electron chi connectivity index (χ4n) is 11.3. The average molecular weight is 848 g/mol. The fraction of sp³-hybridized carbons (Fsp3) is 0.129. The second-order valence-electron chi connectivity index (χ2n) is 20.6. The van der Waals surface area contributed by atoms with Gasteiger partial charge in [0.2, 0.25) is 0 Å². The lowest BCUT2D eigenvalue weighted by atomic mass is 9.33. The molecule has 0 aliphatic carbocycles. The molecule has 3 nitrogen and oxygen atoms in total.